The van der Waals surface area contributed by atoms with Crippen molar-refractivity contribution in [1.29, 1.82) is 0 Å². The Morgan fingerprint density at radius 2 is 1.76 bits per heavy atom. The van der Waals surface area contributed by atoms with Gasteiger partial charge in [-0.25, -0.2) is 8.42 Å². The Labute approximate surface area is 169 Å². The molecule has 29 heavy (non-hydrogen) atoms. The molecule has 0 unspecified atom stereocenters. The molecule has 2 aliphatic heterocycles. The molecule has 154 valence electrons. The molecule has 4 rings (SSSR count). The third kappa shape index (κ3) is 3.56. The van der Waals surface area contributed by atoms with E-state index in [0.29, 0.717) is 24.2 Å². The van der Waals surface area contributed by atoms with E-state index in [1.54, 1.807) is 23.1 Å². The highest BCUT2D eigenvalue weighted by Gasteiger charge is 2.37. The van der Waals surface area contributed by atoms with Gasteiger partial charge < -0.3 is 14.4 Å². The molecule has 2 heterocycles. The van der Waals surface area contributed by atoms with Crippen molar-refractivity contribution >= 4 is 38.4 Å². The summed E-state index contributed by atoms with van der Waals surface area (Å²) in [5, 5.41) is 1.38. The molecule has 0 aromatic heterocycles. The molecular formula is C20H22N2O6S. The largest absolute Gasteiger partial charge is 0.454 e. The van der Waals surface area contributed by atoms with Crippen LogP contribution < -0.4 is 4.31 Å². The average Bonchev–Trinajstić information content (AvgIpc) is 2.89. The standard InChI is InChI=1S/C20H22N2O6S/c1-13-9-21(10-14(2)28-13)18(23)12-27-19(24)11-22-16-7-3-5-15-6-4-8-17(20(15)16)29(22,25)26/h3-8,13-14H,9-12H2,1-2H3/t13-,14-/m1/s1. The molecule has 1 saturated heterocycles. The Balaban J connectivity index is 1.44. The van der Waals surface area contributed by atoms with Crippen LogP contribution in [-0.2, 0) is 29.1 Å². The van der Waals surface area contributed by atoms with Crippen LogP contribution in [0.15, 0.2) is 41.3 Å². The first kappa shape index (κ1) is 19.7. The second-order valence-electron chi connectivity index (χ2n) is 7.36. The number of benzene rings is 2. The lowest BCUT2D eigenvalue weighted by Crippen LogP contribution is -2.49. The molecule has 1 fully saturated rings. The maximum absolute atomic E-state index is 12.9. The number of morpholine rings is 1. The maximum Gasteiger partial charge on any atom is 0.327 e. The summed E-state index contributed by atoms with van der Waals surface area (Å²) in [5.41, 5.74) is 0.442. The molecule has 2 aliphatic rings. The highest BCUT2D eigenvalue weighted by atomic mass is 32.2. The first-order valence-corrected chi connectivity index (χ1v) is 10.8. The van der Waals surface area contributed by atoms with Crippen molar-refractivity contribution in [3.63, 3.8) is 0 Å². The highest BCUT2D eigenvalue weighted by Crippen LogP contribution is 2.41. The Kier molecular flexibility index (Phi) is 4.95. The Morgan fingerprint density at radius 1 is 1.10 bits per heavy atom. The van der Waals surface area contributed by atoms with Gasteiger partial charge in [-0.05, 0) is 31.4 Å². The zero-order valence-electron chi connectivity index (χ0n) is 16.2. The summed E-state index contributed by atoms with van der Waals surface area (Å²) in [7, 11) is -3.85. The molecule has 2 aromatic carbocycles. The van der Waals surface area contributed by atoms with E-state index in [1.165, 1.54) is 6.07 Å². The predicted molar refractivity (Wildman–Crippen MR) is 106 cm³/mol. The van der Waals surface area contributed by atoms with Crippen LogP contribution in [0.3, 0.4) is 0 Å². The van der Waals surface area contributed by atoms with Gasteiger partial charge in [0.25, 0.3) is 15.9 Å². The summed E-state index contributed by atoms with van der Waals surface area (Å²) in [4.78, 5) is 26.5. The van der Waals surface area contributed by atoms with Crippen molar-refractivity contribution in [3.8, 4) is 0 Å². The van der Waals surface area contributed by atoms with Gasteiger partial charge in [0.2, 0.25) is 0 Å². The van der Waals surface area contributed by atoms with Gasteiger partial charge >= 0.3 is 5.97 Å². The summed E-state index contributed by atoms with van der Waals surface area (Å²) in [6.07, 6.45) is -0.181. The van der Waals surface area contributed by atoms with E-state index in [-0.39, 0.29) is 23.0 Å². The van der Waals surface area contributed by atoms with E-state index in [9.17, 15) is 18.0 Å². The summed E-state index contributed by atoms with van der Waals surface area (Å²) in [5.74, 6) is -1.10. The summed E-state index contributed by atoms with van der Waals surface area (Å²) in [6.45, 7) is 3.69. The lowest BCUT2D eigenvalue weighted by atomic mass is 10.1. The van der Waals surface area contributed by atoms with Gasteiger partial charge in [-0.15, -0.1) is 0 Å². The summed E-state index contributed by atoms with van der Waals surface area (Å²) < 4.78 is 37.5. The third-order valence-corrected chi connectivity index (χ3v) is 6.88. The van der Waals surface area contributed by atoms with Gasteiger partial charge in [0.05, 0.1) is 22.8 Å². The van der Waals surface area contributed by atoms with Crippen molar-refractivity contribution in [3.05, 3.63) is 36.4 Å². The molecule has 0 aliphatic carbocycles. The van der Waals surface area contributed by atoms with Crippen LogP contribution in [0.4, 0.5) is 5.69 Å². The summed E-state index contributed by atoms with van der Waals surface area (Å²) in [6, 6.07) is 10.2. The maximum atomic E-state index is 12.9. The number of ether oxygens (including phenoxy) is 2. The number of nitrogens with zero attached hydrogens (tertiary/aromatic N) is 2. The van der Waals surface area contributed by atoms with Gasteiger partial charge in [0.15, 0.2) is 6.61 Å². The van der Waals surface area contributed by atoms with Crippen LogP contribution in [0.25, 0.3) is 10.8 Å². The van der Waals surface area contributed by atoms with Crippen LogP contribution >= 0.6 is 0 Å². The van der Waals surface area contributed by atoms with E-state index >= 15 is 0 Å². The zero-order chi connectivity index (χ0) is 20.8. The normalized spacial score (nSPS) is 22.7. The van der Waals surface area contributed by atoms with Crippen LogP contribution in [0.5, 0.6) is 0 Å². The first-order valence-electron chi connectivity index (χ1n) is 9.40. The zero-order valence-corrected chi connectivity index (χ0v) is 17.0. The molecule has 0 N–H and O–H groups in total. The van der Waals surface area contributed by atoms with E-state index in [2.05, 4.69) is 0 Å². The van der Waals surface area contributed by atoms with Crippen molar-refractivity contribution in [2.45, 2.75) is 31.0 Å². The predicted octanol–water partition coefficient (Wildman–Crippen LogP) is 1.53. The van der Waals surface area contributed by atoms with E-state index in [1.807, 2.05) is 26.0 Å². The van der Waals surface area contributed by atoms with Gasteiger partial charge in [-0.3, -0.25) is 13.9 Å². The lowest BCUT2D eigenvalue weighted by Gasteiger charge is -2.35. The van der Waals surface area contributed by atoms with E-state index < -0.39 is 29.1 Å². The van der Waals surface area contributed by atoms with Crippen LogP contribution in [0.1, 0.15) is 13.8 Å². The molecule has 0 spiro atoms. The summed E-state index contributed by atoms with van der Waals surface area (Å²) >= 11 is 0. The average molecular weight is 418 g/mol. The number of carbonyl (C=O) groups is 2. The number of anilines is 1. The number of sulfonamides is 1. The number of hydrogen-bond donors (Lipinski definition) is 0. The molecule has 0 saturated carbocycles. The Bertz CT molecular complexity index is 1070. The smallest absolute Gasteiger partial charge is 0.327 e. The SMILES string of the molecule is C[C@@H]1CN(C(=O)COC(=O)CN2c3cccc4cccc(c34)S2(=O)=O)C[C@@H](C)O1. The topological polar surface area (TPSA) is 93.2 Å². The Hall–Kier alpha value is -2.65. The van der Waals surface area contributed by atoms with Gasteiger partial charge in [0.1, 0.15) is 6.54 Å². The molecule has 2 atom stereocenters. The van der Waals surface area contributed by atoms with E-state index in [0.717, 1.165) is 9.69 Å². The Morgan fingerprint density at radius 3 is 2.45 bits per heavy atom. The van der Waals surface area contributed by atoms with Crippen molar-refractivity contribution in [1.82, 2.24) is 4.90 Å². The third-order valence-electron chi connectivity index (χ3n) is 5.08. The molecular weight excluding hydrogens is 396 g/mol. The fraction of sp³-hybridized carbons (Fsp3) is 0.400. The first-order chi connectivity index (χ1) is 13.8. The minimum Gasteiger partial charge on any atom is -0.454 e. The fourth-order valence-electron chi connectivity index (χ4n) is 3.91. The van der Waals surface area contributed by atoms with Crippen molar-refractivity contribution in [2.24, 2.45) is 0 Å². The van der Waals surface area contributed by atoms with Crippen molar-refractivity contribution in [2.75, 3.05) is 30.5 Å². The van der Waals surface area contributed by atoms with Gasteiger partial charge in [0, 0.05) is 18.5 Å². The van der Waals surface area contributed by atoms with Crippen LogP contribution in [-0.4, -0.2) is 63.6 Å². The molecule has 2 aromatic rings. The highest BCUT2D eigenvalue weighted by molar-refractivity contribution is 7.93. The molecule has 0 bridgehead atoms. The molecule has 9 heteroatoms. The molecule has 0 radical (unpaired) electrons. The van der Waals surface area contributed by atoms with Crippen molar-refractivity contribution < 1.29 is 27.5 Å². The van der Waals surface area contributed by atoms with E-state index in [4.69, 9.17) is 9.47 Å². The second-order valence-corrected chi connectivity index (χ2v) is 9.19. The minimum atomic E-state index is -3.85. The fourth-order valence-corrected chi connectivity index (χ4v) is 5.56. The van der Waals surface area contributed by atoms with Gasteiger partial charge in [-0.1, -0.05) is 24.3 Å². The number of hydrogen-bond acceptors (Lipinski definition) is 6. The number of amides is 1. The molecule has 1 amide bonds. The van der Waals surface area contributed by atoms with Crippen LogP contribution in [0.2, 0.25) is 0 Å². The molecule has 8 nitrogen and oxygen atoms in total. The number of rotatable bonds is 4. The minimum absolute atomic E-state index is 0.0906. The van der Waals surface area contributed by atoms with Crippen LogP contribution in [0, 0.1) is 0 Å². The van der Waals surface area contributed by atoms with Gasteiger partial charge in [-0.2, -0.15) is 0 Å². The lowest BCUT2D eigenvalue weighted by molar-refractivity contribution is -0.156. The second kappa shape index (κ2) is 7.31. The number of esters is 1. The quantitative estimate of drug-likeness (QED) is 0.699. The number of carbonyl (C=O) groups excluding carboxylic acids is 2. The monoisotopic (exact) mass is 418 g/mol.